The largest absolute Gasteiger partial charge is 0.466 e. The Balaban J connectivity index is 4.52. The summed E-state index contributed by atoms with van der Waals surface area (Å²) in [6, 6.07) is 0. The van der Waals surface area contributed by atoms with Crippen molar-refractivity contribution in [3.8, 4) is 0 Å². The van der Waals surface area contributed by atoms with Gasteiger partial charge in [-0.05, 0) is 119 Å². The number of ether oxygens (including phenoxy) is 4. The van der Waals surface area contributed by atoms with Gasteiger partial charge in [-0.3, -0.25) is 9.59 Å². The first-order chi connectivity index (χ1) is 31.7. The van der Waals surface area contributed by atoms with Crippen molar-refractivity contribution in [3.05, 3.63) is 24.3 Å². The molecule has 0 aromatic carbocycles. The van der Waals surface area contributed by atoms with Crippen molar-refractivity contribution in [1.82, 2.24) is 9.80 Å². The van der Waals surface area contributed by atoms with Gasteiger partial charge in [0.05, 0.1) is 26.1 Å². The molecule has 0 saturated heterocycles. The van der Waals surface area contributed by atoms with Crippen molar-refractivity contribution in [1.29, 1.82) is 0 Å². The van der Waals surface area contributed by atoms with Crippen molar-refractivity contribution in [2.45, 2.75) is 272 Å². The van der Waals surface area contributed by atoms with E-state index in [1.807, 2.05) is 41.5 Å². The van der Waals surface area contributed by atoms with Gasteiger partial charge in [0.2, 0.25) is 0 Å². The third-order valence-electron chi connectivity index (χ3n) is 11.4. The predicted octanol–water partition coefficient (Wildman–Crippen LogP) is 16.2. The number of nitrogens with zero attached hydrogens (tertiary/aromatic N) is 2. The van der Waals surface area contributed by atoms with Gasteiger partial charge in [-0.2, -0.15) is 0 Å². The molecule has 0 unspecified atom stereocenters. The number of hydrogen-bond donors (Lipinski definition) is 0. The quantitative estimate of drug-likeness (QED) is 0.0257. The Kier molecular flexibility index (Phi) is 41.3. The lowest BCUT2D eigenvalue weighted by molar-refractivity contribution is -0.145. The molecule has 2 amide bonds. The van der Waals surface area contributed by atoms with Crippen molar-refractivity contribution < 1.29 is 38.1 Å². The Morgan fingerprint density at radius 3 is 0.924 bits per heavy atom. The van der Waals surface area contributed by atoms with E-state index in [1.165, 1.54) is 128 Å². The highest BCUT2D eigenvalue weighted by Crippen LogP contribution is 2.16. The molecule has 0 aliphatic rings. The minimum atomic E-state index is -0.689. The smallest absolute Gasteiger partial charge is 0.410 e. The minimum absolute atomic E-state index is 0.0770. The maximum atomic E-state index is 13.1. The van der Waals surface area contributed by atoms with Gasteiger partial charge in [-0.1, -0.05) is 154 Å². The fourth-order valence-electron chi connectivity index (χ4n) is 7.52. The molecule has 386 valence electrons. The maximum absolute atomic E-state index is 13.1. The predicted molar refractivity (Wildman–Crippen MR) is 275 cm³/mol. The zero-order valence-electron chi connectivity index (χ0n) is 44.3. The maximum Gasteiger partial charge on any atom is 0.410 e. The summed E-state index contributed by atoms with van der Waals surface area (Å²) in [7, 11) is 0. The van der Waals surface area contributed by atoms with Gasteiger partial charge in [0.15, 0.2) is 0 Å². The Morgan fingerprint density at radius 2 is 0.636 bits per heavy atom. The van der Waals surface area contributed by atoms with E-state index in [-0.39, 0.29) is 37.9 Å². The van der Waals surface area contributed by atoms with Crippen LogP contribution in [-0.4, -0.2) is 84.5 Å². The lowest BCUT2D eigenvalue weighted by Gasteiger charge is -2.29. The molecule has 10 heteroatoms. The first kappa shape index (κ1) is 63.0. The first-order valence-corrected chi connectivity index (χ1v) is 27.3. The standard InChI is InChI=1S/C56H104N2O8/c1-9-11-13-15-17-19-21-23-25-27-29-31-33-35-37-41-49-63-51(59)43-47-57(53(61)65-55(3,4)5)45-39-40-46-58(54(62)66-56(6,7)8)48-44-52(60)64-50-42-38-36-34-32-30-28-26-24-22-20-18-16-14-12-10-2/h25-28H,9-24,29-50H2,1-8H3. The van der Waals surface area contributed by atoms with Crippen LogP contribution in [0.2, 0.25) is 0 Å². The minimum Gasteiger partial charge on any atom is -0.466 e. The number of carbonyl (C=O) groups excluding carboxylic acids is 4. The lowest BCUT2D eigenvalue weighted by atomic mass is 10.1. The topological polar surface area (TPSA) is 112 Å². The van der Waals surface area contributed by atoms with E-state index in [0.29, 0.717) is 39.1 Å². The molecule has 0 aliphatic heterocycles. The molecular formula is C56H104N2O8. The van der Waals surface area contributed by atoms with Crippen molar-refractivity contribution in [2.24, 2.45) is 0 Å². The molecule has 0 aromatic rings. The summed E-state index contributed by atoms with van der Waals surface area (Å²) < 4.78 is 22.3. The van der Waals surface area contributed by atoms with Crippen LogP contribution in [0, 0.1) is 0 Å². The Morgan fingerprint density at radius 1 is 0.364 bits per heavy atom. The lowest BCUT2D eigenvalue weighted by Crippen LogP contribution is -2.40. The molecule has 0 bridgehead atoms. The Bertz CT molecular complexity index is 1140. The van der Waals surface area contributed by atoms with E-state index in [9.17, 15) is 19.2 Å². The van der Waals surface area contributed by atoms with Gasteiger partial charge in [-0.15, -0.1) is 0 Å². The molecule has 0 fully saturated rings. The zero-order chi connectivity index (χ0) is 49.0. The molecule has 0 atom stereocenters. The van der Waals surface area contributed by atoms with Gasteiger partial charge in [0.25, 0.3) is 0 Å². The number of esters is 2. The van der Waals surface area contributed by atoms with Crippen LogP contribution < -0.4 is 0 Å². The van der Waals surface area contributed by atoms with Crippen LogP contribution in [0.15, 0.2) is 24.3 Å². The van der Waals surface area contributed by atoms with Gasteiger partial charge in [-0.25, -0.2) is 9.59 Å². The van der Waals surface area contributed by atoms with E-state index >= 15 is 0 Å². The third-order valence-corrected chi connectivity index (χ3v) is 11.4. The van der Waals surface area contributed by atoms with Crippen LogP contribution in [0.25, 0.3) is 0 Å². The fraction of sp³-hybridized carbons (Fsp3) is 0.857. The van der Waals surface area contributed by atoms with Crippen molar-refractivity contribution >= 4 is 24.1 Å². The molecular weight excluding hydrogens is 829 g/mol. The normalized spacial score (nSPS) is 11.9. The monoisotopic (exact) mass is 933 g/mol. The Hall–Kier alpha value is -3.04. The average molecular weight is 933 g/mol. The van der Waals surface area contributed by atoms with Gasteiger partial charge < -0.3 is 28.7 Å². The Labute approximate surface area is 406 Å². The molecule has 0 heterocycles. The summed E-state index contributed by atoms with van der Waals surface area (Å²) in [5.74, 6) is -0.657. The fourth-order valence-corrected chi connectivity index (χ4v) is 7.52. The zero-order valence-corrected chi connectivity index (χ0v) is 44.3. The number of carbonyl (C=O) groups is 4. The highest BCUT2D eigenvalue weighted by molar-refractivity contribution is 5.73. The number of amides is 2. The van der Waals surface area contributed by atoms with Gasteiger partial charge in [0, 0.05) is 26.2 Å². The summed E-state index contributed by atoms with van der Waals surface area (Å²) in [5.41, 5.74) is -1.38. The van der Waals surface area contributed by atoms with Crippen LogP contribution in [0.4, 0.5) is 9.59 Å². The number of hydrogen-bond acceptors (Lipinski definition) is 8. The molecule has 0 aromatic heterocycles. The third kappa shape index (κ3) is 44.8. The molecule has 0 rings (SSSR count). The van der Waals surface area contributed by atoms with Gasteiger partial charge >= 0.3 is 24.1 Å². The molecule has 66 heavy (non-hydrogen) atoms. The average Bonchev–Trinajstić information content (AvgIpc) is 3.25. The SMILES string of the molecule is CCCCCCCCCC=CCCCCCCCOC(=O)CCN(CCCCN(CCC(=O)OCCCCCCCC=CCCCCCCCCC)C(=O)OC(C)(C)C)C(=O)OC(C)(C)C. The highest BCUT2D eigenvalue weighted by atomic mass is 16.6. The van der Waals surface area contributed by atoms with Crippen LogP contribution in [0.5, 0.6) is 0 Å². The second kappa shape index (κ2) is 43.3. The molecule has 0 spiro atoms. The number of allylic oxidation sites excluding steroid dienone is 4. The van der Waals surface area contributed by atoms with E-state index < -0.39 is 23.4 Å². The van der Waals surface area contributed by atoms with Crippen LogP contribution >= 0.6 is 0 Å². The first-order valence-electron chi connectivity index (χ1n) is 27.3. The van der Waals surface area contributed by atoms with E-state index in [1.54, 1.807) is 9.80 Å². The van der Waals surface area contributed by atoms with E-state index in [4.69, 9.17) is 18.9 Å². The molecule has 0 saturated carbocycles. The van der Waals surface area contributed by atoms with Gasteiger partial charge in [0.1, 0.15) is 11.2 Å². The molecule has 10 nitrogen and oxygen atoms in total. The summed E-state index contributed by atoms with van der Waals surface area (Å²) in [5, 5.41) is 0. The second-order valence-corrected chi connectivity index (χ2v) is 20.5. The van der Waals surface area contributed by atoms with E-state index in [2.05, 4.69) is 38.2 Å². The molecule has 0 radical (unpaired) electrons. The summed E-state index contributed by atoms with van der Waals surface area (Å²) >= 11 is 0. The van der Waals surface area contributed by atoms with Crippen LogP contribution in [0.1, 0.15) is 261 Å². The number of unbranched alkanes of at least 4 members (excludes halogenated alkanes) is 25. The molecule has 0 aliphatic carbocycles. The second-order valence-electron chi connectivity index (χ2n) is 20.5. The van der Waals surface area contributed by atoms with Crippen LogP contribution in [0.3, 0.4) is 0 Å². The summed E-state index contributed by atoms with van der Waals surface area (Å²) in [4.78, 5) is 54.7. The highest BCUT2D eigenvalue weighted by Gasteiger charge is 2.25. The van der Waals surface area contributed by atoms with E-state index in [0.717, 1.165) is 51.4 Å². The summed E-state index contributed by atoms with van der Waals surface area (Å²) in [6.07, 6.45) is 44.0. The number of rotatable bonds is 43. The molecule has 0 N–H and O–H groups in total. The van der Waals surface area contributed by atoms with Crippen molar-refractivity contribution in [2.75, 3.05) is 39.4 Å². The van der Waals surface area contributed by atoms with Crippen molar-refractivity contribution in [3.63, 3.8) is 0 Å². The van der Waals surface area contributed by atoms with Crippen LogP contribution in [-0.2, 0) is 28.5 Å². The summed E-state index contributed by atoms with van der Waals surface area (Å²) in [6.45, 7) is 17.2.